The van der Waals surface area contributed by atoms with Crippen LogP contribution in [0, 0.1) is 5.41 Å². The molecule has 0 fully saturated rings. The first-order valence-electron chi connectivity index (χ1n) is 8.50. The minimum atomic E-state index is -1.05. The van der Waals surface area contributed by atoms with Crippen molar-refractivity contribution in [3.63, 3.8) is 0 Å². The molecule has 1 unspecified atom stereocenters. The fourth-order valence-corrected chi connectivity index (χ4v) is 2.46. The number of hydrogen-bond acceptors (Lipinski definition) is 5. The summed E-state index contributed by atoms with van der Waals surface area (Å²) in [6.07, 6.45) is 2.61. The number of anilines is 1. The number of carboxylic acid groups (broad SMARTS) is 1. The van der Waals surface area contributed by atoms with Crippen LogP contribution in [-0.2, 0) is 14.4 Å². The summed E-state index contributed by atoms with van der Waals surface area (Å²) >= 11 is 0. The predicted molar refractivity (Wildman–Crippen MR) is 103 cm³/mol. The summed E-state index contributed by atoms with van der Waals surface area (Å²) in [6, 6.07) is 9.05. The first kappa shape index (κ1) is 20.6. The first-order chi connectivity index (χ1) is 13.3. The fraction of sp³-hybridized carbons (Fsp3) is 0.211. The highest BCUT2D eigenvalue weighted by molar-refractivity contribution is 5.96. The number of aromatic nitrogens is 1. The lowest BCUT2D eigenvalue weighted by Gasteiger charge is -2.17. The zero-order chi connectivity index (χ0) is 20.5. The molecule has 146 valence electrons. The number of aliphatic carboxylic acids is 1. The van der Waals surface area contributed by atoms with Crippen LogP contribution in [0.2, 0.25) is 0 Å². The monoisotopic (exact) mass is 383 g/mol. The summed E-state index contributed by atoms with van der Waals surface area (Å²) in [5.74, 6) is -1.92. The second-order valence-corrected chi connectivity index (χ2v) is 6.04. The van der Waals surface area contributed by atoms with Gasteiger partial charge in [-0.05, 0) is 35.9 Å². The molecular formula is C19H21N5O4. The van der Waals surface area contributed by atoms with Gasteiger partial charge in [0.25, 0.3) is 0 Å². The van der Waals surface area contributed by atoms with Gasteiger partial charge in [0.1, 0.15) is 5.84 Å². The normalized spacial score (nSPS) is 11.3. The lowest BCUT2D eigenvalue weighted by molar-refractivity contribution is -0.138. The van der Waals surface area contributed by atoms with Crippen LogP contribution in [0.15, 0.2) is 48.8 Å². The highest BCUT2D eigenvalue weighted by atomic mass is 16.4. The Kier molecular flexibility index (Phi) is 7.21. The van der Waals surface area contributed by atoms with E-state index in [0.29, 0.717) is 16.8 Å². The summed E-state index contributed by atoms with van der Waals surface area (Å²) in [5.41, 5.74) is 7.01. The molecule has 0 aliphatic rings. The quantitative estimate of drug-likeness (QED) is 0.325. The van der Waals surface area contributed by atoms with Gasteiger partial charge in [-0.2, -0.15) is 0 Å². The molecule has 1 aromatic carbocycles. The van der Waals surface area contributed by atoms with Crippen molar-refractivity contribution in [3.8, 4) is 0 Å². The number of nitrogen functional groups attached to an aromatic ring is 1. The summed E-state index contributed by atoms with van der Waals surface area (Å²) in [5, 5.41) is 21.6. The third-order valence-electron chi connectivity index (χ3n) is 3.86. The number of amidine groups is 1. The topological polar surface area (TPSA) is 158 Å². The van der Waals surface area contributed by atoms with Gasteiger partial charge in [-0.3, -0.25) is 24.8 Å². The molecule has 0 bridgehead atoms. The predicted octanol–water partition coefficient (Wildman–Crippen LogP) is 1.42. The van der Waals surface area contributed by atoms with Gasteiger partial charge in [0.2, 0.25) is 11.8 Å². The molecule has 1 atom stereocenters. The van der Waals surface area contributed by atoms with Crippen molar-refractivity contribution in [1.82, 2.24) is 10.3 Å². The Bertz CT molecular complexity index is 852. The second-order valence-electron chi connectivity index (χ2n) is 6.04. The van der Waals surface area contributed by atoms with Gasteiger partial charge >= 0.3 is 5.97 Å². The van der Waals surface area contributed by atoms with E-state index in [0.717, 1.165) is 0 Å². The maximum atomic E-state index is 12.1. The Hall–Kier alpha value is -3.75. The third-order valence-corrected chi connectivity index (χ3v) is 3.86. The van der Waals surface area contributed by atoms with Crippen molar-refractivity contribution >= 4 is 29.3 Å². The number of amides is 2. The van der Waals surface area contributed by atoms with E-state index in [4.69, 9.17) is 16.2 Å². The smallest absolute Gasteiger partial charge is 0.305 e. The Morgan fingerprint density at radius 1 is 1.11 bits per heavy atom. The van der Waals surface area contributed by atoms with Gasteiger partial charge in [0, 0.05) is 36.5 Å². The van der Waals surface area contributed by atoms with E-state index >= 15 is 0 Å². The standard InChI is InChI=1S/C19H21N5O4/c20-19(21)12-3-5-14(6-4-12)23-16(25)7-8-17(26)24-15(10-18(27)28)13-2-1-9-22-11-13/h1-6,9,11,15H,7-8,10H2,(H3,20,21)(H,23,25)(H,24,26)(H,27,28). The van der Waals surface area contributed by atoms with E-state index in [1.807, 2.05) is 0 Å². The third kappa shape index (κ3) is 6.52. The zero-order valence-corrected chi connectivity index (χ0v) is 15.0. The van der Waals surface area contributed by atoms with Crippen LogP contribution < -0.4 is 16.4 Å². The van der Waals surface area contributed by atoms with Crippen LogP contribution >= 0.6 is 0 Å². The molecule has 0 aliphatic carbocycles. The number of nitrogens with one attached hydrogen (secondary N) is 3. The summed E-state index contributed by atoms with van der Waals surface area (Å²) in [4.78, 5) is 39.1. The fourth-order valence-electron chi connectivity index (χ4n) is 2.46. The van der Waals surface area contributed by atoms with Gasteiger partial charge in [0.05, 0.1) is 12.5 Å². The molecule has 0 saturated heterocycles. The number of carbonyl (C=O) groups is 3. The largest absolute Gasteiger partial charge is 0.481 e. The van der Waals surface area contributed by atoms with Crippen LogP contribution in [0.3, 0.4) is 0 Å². The van der Waals surface area contributed by atoms with Crippen LogP contribution in [0.4, 0.5) is 5.69 Å². The van der Waals surface area contributed by atoms with Gasteiger partial charge < -0.3 is 21.5 Å². The highest BCUT2D eigenvalue weighted by Gasteiger charge is 2.18. The summed E-state index contributed by atoms with van der Waals surface area (Å²) in [6.45, 7) is 0. The summed E-state index contributed by atoms with van der Waals surface area (Å²) < 4.78 is 0. The molecule has 0 spiro atoms. The molecule has 0 aliphatic heterocycles. The van der Waals surface area contributed by atoms with Crippen LogP contribution in [-0.4, -0.2) is 33.7 Å². The lowest BCUT2D eigenvalue weighted by atomic mass is 10.1. The number of nitrogens with zero attached hydrogens (tertiary/aromatic N) is 1. The van der Waals surface area contributed by atoms with Crippen molar-refractivity contribution in [2.75, 3.05) is 5.32 Å². The van der Waals surface area contributed by atoms with E-state index in [9.17, 15) is 14.4 Å². The van der Waals surface area contributed by atoms with E-state index < -0.39 is 17.9 Å². The minimum absolute atomic E-state index is 0.0624. The average Bonchev–Trinajstić information content (AvgIpc) is 2.66. The molecule has 2 aromatic rings. The van der Waals surface area contributed by atoms with Gasteiger partial charge in [-0.1, -0.05) is 6.07 Å². The van der Waals surface area contributed by atoms with E-state index in [2.05, 4.69) is 15.6 Å². The lowest BCUT2D eigenvalue weighted by Crippen LogP contribution is -2.30. The van der Waals surface area contributed by atoms with Crippen LogP contribution in [0.5, 0.6) is 0 Å². The number of nitrogens with two attached hydrogens (primary N) is 1. The number of pyridine rings is 1. The number of rotatable bonds is 9. The SMILES string of the molecule is N=C(N)c1ccc(NC(=O)CCC(=O)NC(CC(=O)O)c2cccnc2)cc1. The minimum Gasteiger partial charge on any atom is -0.481 e. The molecule has 9 nitrogen and oxygen atoms in total. The molecule has 2 rings (SSSR count). The molecule has 1 aromatic heterocycles. The molecule has 0 saturated carbocycles. The highest BCUT2D eigenvalue weighted by Crippen LogP contribution is 2.16. The van der Waals surface area contributed by atoms with Gasteiger partial charge in [-0.25, -0.2) is 0 Å². The van der Waals surface area contributed by atoms with E-state index in [1.54, 1.807) is 42.6 Å². The first-order valence-corrected chi connectivity index (χ1v) is 8.50. The van der Waals surface area contributed by atoms with Crippen LogP contribution in [0.25, 0.3) is 0 Å². The summed E-state index contributed by atoms with van der Waals surface area (Å²) in [7, 11) is 0. The zero-order valence-electron chi connectivity index (χ0n) is 15.0. The number of carboxylic acids is 1. The van der Waals surface area contributed by atoms with Gasteiger partial charge in [0.15, 0.2) is 0 Å². The molecule has 28 heavy (non-hydrogen) atoms. The van der Waals surface area contributed by atoms with Crippen molar-refractivity contribution < 1.29 is 19.5 Å². The number of benzene rings is 1. The molecule has 2 amide bonds. The average molecular weight is 383 g/mol. The number of carbonyl (C=O) groups excluding carboxylic acids is 2. The Morgan fingerprint density at radius 3 is 2.36 bits per heavy atom. The molecule has 6 N–H and O–H groups in total. The Balaban J connectivity index is 1.86. The second kappa shape index (κ2) is 9.81. The van der Waals surface area contributed by atoms with Crippen molar-refractivity contribution in [1.29, 1.82) is 5.41 Å². The van der Waals surface area contributed by atoms with Crippen molar-refractivity contribution in [3.05, 3.63) is 59.9 Å². The van der Waals surface area contributed by atoms with E-state index in [-0.39, 0.29) is 31.0 Å². The van der Waals surface area contributed by atoms with Crippen LogP contribution in [0.1, 0.15) is 36.4 Å². The Morgan fingerprint density at radius 2 is 1.79 bits per heavy atom. The number of hydrogen-bond donors (Lipinski definition) is 5. The van der Waals surface area contributed by atoms with E-state index in [1.165, 1.54) is 6.20 Å². The van der Waals surface area contributed by atoms with Gasteiger partial charge in [-0.15, -0.1) is 0 Å². The Labute approximate surface area is 161 Å². The van der Waals surface area contributed by atoms with Crippen molar-refractivity contribution in [2.24, 2.45) is 5.73 Å². The maximum absolute atomic E-state index is 12.1. The maximum Gasteiger partial charge on any atom is 0.305 e. The molecule has 0 radical (unpaired) electrons. The molecule has 9 heteroatoms. The molecule has 1 heterocycles. The van der Waals surface area contributed by atoms with Crippen molar-refractivity contribution in [2.45, 2.75) is 25.3 Å². The molecular weight excluding hydrogens is 362 g/mol.